The number of Topliss-reactive ketones (excluding diaryl/α,β-unsaturated/α-hetero) is 1. The monoisotopic (exact) mass is 1320 g/mol. The Morgan fingerprint density at radius 2 is 1.38 bits per heavy atom. The van der Waals surface area contributed by atoms with Crippen molar-refractivity contribution >= 4 is 46.5 Å². The lowest BCUT2D eigenvalue weighted by atomic mass is 9.77. The maximum Gasteiger partial charge on any atom is 0.308 e. The maximum atomic E-state index is 14.9. The van der Waals surface area contributed by atoms with E-state index in [9.17, 15) is 33.5 Å². The van der Waals surface area contributed by atoms with Gasteiger partial charge >= 0.3 is 5.97 Å². The zero-order valence-electron chi connectivity index (χ0n) is 56.3. The molecule has 2 aliphatic heterocycles. The van der Waals surface area contributed by atoms with Gasteiger partial charge in [0.1, 0.15) is 36.4 Å². The second kappa shape index (κ2) is 33.4. The molecular weight excluding hydrogens is 1220 g/mol. The van der Waals surface area contributed by atoms with Crippen molar-refractivity contribution in [1.82, 2.24) is 19.8 Å². The summed E-state index contributed by atoms with van der Waals surface area (Å²) >= 11 is 1.57. The molecule has 3 amide bonds. The Morgan fingerprint density at radius 3 is 1.99 bits per heavy atom. The van der Waals surface area contributed by atoms with Crippen LogP contribution in [0, 0.1) is 24.1 Å². The van der Waals surface area contributed by atoms with Crippen LogP contribution in [0.1, 0.15) is 135 Å². The largest absolute Gasteiger partial charge is 0.491 e. The quantitative estimate of drug-likeness (QED) is 0.0264. The summed E-state index contributed by atoms with van der Waals surface area (Å²) in [6.45, 7) is 23.7. The van der Waals surface area contributed by atoms with Gasteiger partial charge in [0.05, 0.1) is 98.3 Å². The normalized spacial score (nSPS) is 17.7. The number of esters is 1. The minimum Gasteiger partial charge on any atom is -0.491 e. The first-order valence-electron chi connectivity index (χ1n) is 32.5. The van der Waals surface area contributed by atoms with E-state index in [-0.39, 0.29) is 106 Å². The molecule has 3 N–H and O–H groups in total. The summed E-state index contributed by atoms with van der Waals surface area (Å²) in [6, 6.07) is 30.2. The number of benzene rings is 4. The van der Waals surface area contributed by atoms with Crippen LogP contribution < -0.4 is 15.4 Å². The first-order chi connectivity index (χ1) is 44.7. The van der Waals surface area contributed by atoms with Gasteiger partial charge < -0.3 is 63.1 Å². The molecule has 2 aromatic heterocycles. The number of aliphatic hydroxyl groups excluding tert-OH is 1. The molecule has 0 unspecified atom stereocenters. The summed E-state index contributed by atoms with van der Waals surface area (Å²) in [4.78, 5) is 75.5. The predicted octanol–water partition coefficient (Wildman–Crippen LogP) is 12.1. The van der Waals surface area contributed by atoms with Crippen molar-refractivity contribution in [3.63, 3.8) is 0 Å². The molecule has 2 aliphatic rings. The summed E-state index contributed by atoms with van der Waals surface area (Å²) in [5, 5.41) is 16.7. The van der Waals surface area contributed by atoms with Crippen LogP contribution in [0.3, 0.4) is 0 Å². The van der Waals surface area contributed by atoms with Crippen molar-refractivity contribution in [3.05, 3.63) is 137 Å². The zero-order chi connectivity index (χ0) is 67.7. The number of aromatic nitrogens is 2. The van der Waals surface area contributed by atoms with Crippen molar-refractivity contribution in [3.8, 4) is 38.6 Å². The third kappa shape index (κ3) is 20.9. The number of amides is 3. The summed E-state index contributed by atoms with van der Waals surface area (Å²) in [6.07, 6.45) is -0.492. The van der Waals surface area contributed by atoms with Crippen LogP contribution in [0.25, 0.3) is 32.8 Å². The van der Waals surface area contributed by atoms with Crippen molar-refractivity contribution in [2.75, 3.05) is 71.3 Å². The number of carbonyl (C=O) groups excluding carboxylic acids is 5. The van der Waals surface area contributed by atoms with Gasteiger partial charge in [-0.1, -0.05) is 89.2 Å². The van der Waals surface area contributed by atoms with Gasteiger partial charge in [-0.3, -0.25) is 24.0 Å². The number of likely N-dealkylation sites (tertiary alicyclic amines) is 1. The number of hydrogen-bond donors (Lipinski definition) is 3. The molecule has 2 saturated heterocycles. The Balaban J connectivity index is 0.747. The number of ether oxygens (including phenoxy) is 8. The number of nitrogens with one attached hydrogen (secondary N) is 2. The Labute approximate surface area is 556 Å². The minimum absolute atomic E-state index is 0.00442. The van der Waals surface area contributed by atoms with Crippen LogP contribution in [-0.2, 0) is 65.4 Å². The van der Waals surface area contributed by atoms with E-state index in [0.717, 1.165) is 44.2 Å². The van der Waals surface area contributed by atoms with E-state index in [2.05, 4.69) is 34.0 Å². The third-order valence-electron chi connectivity index (χ3n) is 16.2. The van der Waals surface area contributed by atoms with Crippen molar-refractivity contribution in [2.24, 2.45) is 11.3 Å². The summed E-state index contributed by atoms with van der Waals surface area (Å²) in [5.41, 5.74) is 8.37. The molecule has 0 aliphatic carbocycles. The lowest BCUT2D eigenvalue weighted by Gasteiger charge is -2.41. The first kappa shape index (κ1) is 72.6. The standard InChI is InChI=1S/C73H94FN5O14S/c1-47(2)65-64(63(50-15-13-12-14-16-50)66(51-21-23-53(74)24-22-51)78(65)30-29-58-41-59(92-73(10,11)91-58)42-62(82)93-72(7,8)9)69(84)77-54-25-27-57(28-26-54)90-38-37-88-34-33-86-31-32-87-35-36-89-45-56(81)39-60(71(4,5)6)70(85)79-44-55(80)40-61(79)68(83)75-43-49-17-19-52(20-18-49)67-48(3)76-46-94-67/h12-28,46-47,55,58-61,80H,29-45H2,1-11H3,(H,75,83)(H,77,84)/t55-,58-,59-,60-,61+/m1/s1. The number of thiazole rings is 1. The molecule has 94 heavy (non-hydrogen) atoms. The van der Waals surface area contributed by atoms with Crippen molar-refractivity contribution < 1.29 is 71.4 Å². The fraction of sp³-hybridized carbons (Fsp3) is 0.507. The maximum absolute atomic E-state index is 14.9. The van der Waals surface area contributed by atoms with Gasteiger partial charge in [-0.05, 0) is 130 Å². The number of anilines is 1. The number of β-amino-alcohol motifs (C(OH)–C–C–N with tert-alkyl or cyclic N) is 1. The summed E-state index contributed by atoms with van der Waals surface area (Å²) in [5.74, 6) is -3.24. The number of aryl methyl sites for hydroxylation is 1. The van der Waals surface area contributed by atoms with E-state index < -0.39 is 41.0 Å². The van der Waals surface area contributed by atoms with Crippen molar-refractivity contribution in [1.29, 1.82) is 0 Å². The van der Waals surface area contributed by atoms with Gasteiger partial charge in [0.15, 0.2) is 11.6 Å². The number of halogens is 1. The second-order valence-electron chi connectivity index (χ2n) is 26.8. The van der Waals surface area contributed by atoms with Crippen LogP contribution in [0.2, 0.25) is 0 Å². The SMILES string of the molecule is Cc1ncsc1-c1ccc(CNC(=O)[C@@H]2C[C@@H](O)CN2C(=O)[C@@H](CC(=O)COCCOCCOCCOCCOc2ccc(NC(=O)c3c(-c4ccccc4)c(-c4ccc(F)cc4)n(CC[C@@H]4C[C@H](CC(=O)OC(C)(C)C)OC(C)(C)O4)c3C(C)C)cc2)C(C)(C)C)cc1. The van der Waals surface area contributed by atoms with Crippen LogP contribution in [0.15, 0.2) is 109 Å². The highest BCUT2D eigenvalue weighted by molar-refractivity contribution is 7.13. The van der Waals surface area contributed by atoms with Gasteiger partial charge in [-0.25, -0.2) is 9.37 Å². The lowest BCUT2D eigenvalue weighted by Crippen LogP contribution is -2.50. The number of aliphatic hydroxyl groups is 1. The smallest absolute Gasteiger partial charge is 0.308 e. The Kier molecular flexibility index (Phi) is 25.8. The number of ketones is 1. The van der Waals surface area contributed by atoms with Gasteiger partial charge in [0, 0.05) is 61.8 Å². The van der Waals surface area contributed by atoms with Crippen molar-refractivity contribution in [2.45, 2.75) is 163 Å². The summed E-state index contributed by atoms with van der Waals surface area (Å²) < 4.78 is 63.7. The van der Waals surface area contributed by atoms with Gasteiger partial charge in [-0.15, -0.1) is 11.3 Å². The minimum atomic E-state index is -0.963. The van der Waals surface area contributed by atoms with Gasteiger partial charge in [-0.2, -0.15) is 0 Å². The number of nitrogens with zero attached hydrogens (tertiary/aromatic N) is 3. The molecule has 5 atom stereocenters. The molecule has 0 bridgehead atoms. The van der Waals surface area contributed by atoms with E-state index in [4.69, 9.17) is 37.9 Å². The van der Waals surface area contributed by atoms with Gasteiger partial charge in [0.2, 0.25) is 11.8 Å². The number of rotatable bonds is 32. The molecule has 4 heterocycles. The topological polar surface area (TPSA) is 225 Å². The predicted molar refractivity (Wildman–Crippen MR) is 359 cm³/mol. The zero-order valence-corrected chi connectivity index (χ0v) is 57.1. The molecule has 2 fully saturated rings. The highest BCUT2D eigenvalue weighted by Crippen LogP contribution is 2.44. The highest BCUT2D eigenvalue weighted by Gasteiger charge is 2.45. The first-order valence-corrected chi connectivity index (χ1v) is 33.4. The molecule has 19 nitrogen and oxygen atoms in total. The second-order valence-corrected chi connectivity index (χ2v) is 27.7. The molecule has 0 radical (unpaired) electrons. The summed E-state index contributed by atoms with van der Waals surface area (Å²) in [7, 11) is 0. The van der Waals surface area contributed by atoms with Crippen LogP contribution in [-0.4, -0.2) is 151 Å². The van der Waals surface area contributed by atoms with Crippen LogP contribution in [0.4, 0.5) is 10.1 Å². The molecule has 0 saturated carbocycles. The van der Waals surface area contributed by atoms with Crippen LogP contribution >= 0.6 is 11.3 Å². The van der Waals surface area contributed by atoms with Crippen LogP contribution in [0.5, 0.6) is 5.75 Å². The molecule has 4 aromatic carbocycles. The molecule has 8 rings (SSSR count). The molecule has 21 heteroatoms. The Bertz CT molecular complexity index is 3450. The number of hydrogen-bond acceptors (Lipinski definition) is 16. The molecule has 0 spiro atoms. The van der Waals surface area contributed by atoms with Gasteiger partial charge in [0.25, 0.3) is 5.91 Å². The molecule has 6 aromatic rings. The van der Waals surface area contributed by atoms with E-state index in [1.54, 1.807) is 47.7 Å². The fourth-order valence-corrected chi connectivity index (χ4v) is 12.8. The van der Waals surface area contributed by atoms with E-state index in [1.807, 2.05) is 122 Å². The highest BCUT2D eigenvalue weighted by atomic mass is 32.1. The van der Waals surface area contributed by atoms with E-state index in [0.29, 0.717) is 75.0 Å². The van der Waals surface area contributed by atoms with E-state index in [1.165, 1.54) is 17.0 Å². The lowest BCUT2D eigenvalue weighted by molar-refractivity contribution is -0.301. The Morgan fingerprint density at radius 1 is 0.766 bits per heavy atom. The number of carbonyl (C=O) groups is 5. The third-order valence-corrected chi connectivity index (χ3v) is 17.2. The Hall–Kier alpha value is -7.21. The average Bonchev–Trinajstić information content (AvgIpc) is 1.59. The molecule has 508 valence electrons. The molecular formula is C73H94FN5O14S. The average molecular weight is 1320 g/mol. The van der Waals surface area contributed by atoms with E-state index >= 15 is 0 Å². The fourth-order valence-electron chi connectivity index (χ4n) is 12.0.